The zero-order valence-electron chi connectivity index (χ0n) is 8.40. The fourth-order valence-corrected chi connectivity index (χ4v) is 1.22. The standard InChI is InChI=1S/C10H16BNO2/c1-2-3-7-12-10-6-4-5-9(8-10)11(13)14/h4-6,8,12-14H,2-3,7H2,1H3. The molecule has 0 atom stereocenters. The first-order valence-electron chi connectivity index (χ1n) is 4.94. The smallest absolute Gasteiger partial charge is 0.423 e. The lowest BCUT2D eigenvalue weighted by atomic mass is 9.80. The third-order valence-electron chi connectivity index (χ3n) is 2.04. The van der Waals surface area contributed by atoms with Crippen molar-refractivity contribution in [1.29, 1.82) is 0 Å². The minimum Gasteiger partial charge on any atom is -0.423 e. The second-order valence-electron chi connectivity index (χ2n) is 3.28. The summed E-state index contributed by atoms with van der Waals surface area (Å²) >= 11 is 0. The van der Waals surface area contributed by atoms with Crippen LogP contribution in [0.15, 0.2) is 24.3 Å². The summed E-state index contributed by atoms with van der Waals surface area (Å²) in [6.45, 7) is 3.05. The predicted molar refractivity (Wildman–Crippen MR) is 59.7 cm³/mol. The van der Waals surface area contributed by atoms with E-state index in [4.69, 9.17) is 10.0 Å². The van der Waals surface area contributed by atoms with Crippen LogP contribution in [-0.2, 0) is 0 Å². The van der Waals surface area contributed by atoms with Crippen LogP contribution in [0.25, 0.3) is 0 Å². The van der Waals surface area contributed by atoms with Crippen molar-refractivity contribution >= 4 is 18.3 Å². The van der Waals surface area contributed by atoms with Gasteiger partial charge in [0.1, 0.15) is 0 Å². The van der Waals surface area contributed by atoms with E-state index in [0.717, 1.165) is 25.1 Å². The first-order valence-corrected chi connectivity index (χ1v) is 4.94. The first kappa shape index (κ1) is 11.1. The number of anilines is 1. The van der Waals surface area contributed by atoms with E-state index in [1.54, 1.807) is 12.1 Å². The molecule has 0 spiro atoms. The summed E-state index contributed by atoms with van der Waals surface area (Å²) in [7, 11) is -1.39. The van der Waals surface area contributed by atoms with Crippen LogP contribution >= 0.6 is 0 Å². The molecule has 1 aromatic rings. The highest BCUT2D eigenvalue weighted by Gasteiger charge is 2.10. The molecule has 0 saturated heterocycles. The van der Waals surface area contributed by atoms with E-state index in [9.17, 15) is 0 Å². The maximum absolute atomic E-state index is 8.95. The molecular formula is C10H16BNO2. The zero-order chi connectivity index (χ0) is 10.4. The van der Waals surface area contributed by atoms with Crippen molar-refractivity contribution in [3.63, 3.8) is 0 Å². The van der Waals surface area contributed by atoms with Crippen LogP contribution < -0.4 is 10.8 Å². The molecule has 0 radical (unpaired) electrons. The highest BCUT2D eigenvalue weighted by atomic mass is 16.4. The van der Waals surface area contributed by atoms with Crippen LogP contribution in [0.1, 0.15) is 19.8 Å². The molecule has 0 fully saturated rings. The lowest BCUT2D eigenvalue weighted by molar-refractivity contribution is 0.426. The van der Waals surface area contributed by atoms with Crippen LogP contribution in [0.3, 0.4) is 0 Å². The molecule has 0 aliphatic heterocycles. The van der Waals surface area contributed by atoms with Gasteiger partial charge in [-0.15, -0.1) is 0 Å². The summed E-state index contributed by atoms with van der Waals surface area (Å²) in [5.41, 5.74) is 1.45. The molecule has 4 heteroatoms. The van der Waals surface area contributed by atoms with Crippen LogP contribution in [0.4, 0.5) is 5.69 Å². The first-order chi connectivity index (χ1) is 6.74. The Labute approximate surface area is 84.9 Å². The van der Waals surface area contributed by atoms with E-state index in [2.05, 4.69) is 12.2 Å². The summed E-state index contributed by atoms with van der Waals surface area (Å²) in [6, 6.07) is 7.17. The van der Waals surface area contributed by atoms with E-state index in [0.29, 0.717) is 5.46 Å². The van der Waals surface area contributed by atoms with Crippen LogP contribution in [0.2, 0.25) is 0 Å². The number of hydrogen-bond donors (Lipinski definition) is 3. The summed E-state index contributed by atoms with van der Waals surface area (Å²) in [5, 5.41) is 21.1. The molecule has 14 heavy (non-hydrogen) atoms. The van der Waals surface area contributed by atoms with Gasteiger partial charge in [0.15, 0.2) is 0 Å². The molecule has 1 aromatic carbocycles. The van der Waals surface area contributed by atoms with Gasteiger partial charge in [-0.3, -0.25) is 0 Å². The molecule has 0 aliphatic carbocycles. The van der Waals surface area contributed by atoms with Crippen LogP contribution in [-0.4, -0.2) is 23.7 Å². The van der Waals surface area contributed by atoms with Gasteiger partial charge in [0.25, 0.3) is 0 Å². The van der Waals surface area contributed by atoms with Gasteiger partial charge in [0.2, 0.25) is 0 Å². The van der Waals surface area contributed by atoms with E-state index in [-0.39, 0.29) is 0 Å². The third kappa shape index (κ3) is 3.40. The Morgan fingerprint density at radius 3 is 2.79 bits per heavy atom. The Kier molecular flexibility index (Phi) is 4.49. The lowest BCUT2D eigenvalue weighted by Gasteiger charge is -2.07. The van der Waals surface area contributed by atoms with Gasteiger partial charge in [-0.25, -0.2) is 0 Å². The summed E-state index contributed by atoms with van der Waals surface area (Å²) in [6.07, 6.45) is 2.27. The van der Waals surface area contributed by atoms with Crippen molar-refractivity contribution in [2.45, 2.75) is 19.8 Å². The van der Waals surface area contributed by atoms with Crippen molar-refractivity contribution in [3.8, 4) is 0 Å². The highest BCUT2D eigenvalue weighted by molar-refractivity contribution is 6.58. The van der Waals surface area contributed by atoms with Crippen molar-refractivity contribution in [2.75, 3.05) is 11.9 Å². The Morgan fingerprint density at radius 2 is 2.14 bits per heavy atom. The maximum Gasteiger partial charge on any atom is 0.488 e. The predicted octanol–water partition coefficient (Wildman–Crippen LogP) is 0.578. The van der Waals surface area contributed by atoms with Gasteiger partial charge >= 0.3 is 7.12 Å². The molecule has 0 unspecified atom stereocenters. The summed E-state index contributed by atoms with van der Waals surface area (Å²) in [5.74, 6) is 0. The molecule has 0 heterocycles. The molecule has 76 valence electrons. The number of benzene rings is 1. The van der Waals surface area contributed by atoms with Crippen molar-refractivity contribution in [1.82, 2.24) is 0 Å². The largest absolute Gasteiger partial charge is 0.488 e. The number of rotatable bonds is 5. The van der Waals surface area contributed by atoms with Gasteiger partial charge in [-0.2, -0.15) is 0 Å². The Morgan fingerprint density at radius 1 is 1.36 bits per heavy atom. The van der Waals surface area contributed by atoms with Crippen molar-refractivity contribution in [3.05, 3.63) is 24.3 Å². The SMILES string of the molecule is CCCCNc1cccc(B(O)O)c1. The third-order valence-corrected chi connectivity index (χ3v) is 2.04. The summed E-state index contributed by atoms with van der Waals surface area (Å²) < 4.78 is 0. The fourth-order valence-electron chi connectivity index (χ4n) is 1.22. The molecule has 0 aromatic heterocycles. The highest BCUT2D eigenvalue weighted by Crippen LogP contribution is 2.04. The zero-order valence-corrected chi connectivity index (χ0v) is 8.40. The fraction of sp³-hybridized carbons (Fsp3) is 0.400. The van der Waals surface area contributed by atoms with Crippen molar-refractivity contribution in [2.24, 2.45) is 0 Å². The molecule has 0 aliphatic rings. The molecule has 3 nitrogen and oxygen atoms in total. The monoisotopic (exact) mass is 193 g/mol. The number of unbranched alkanes of at least 4 members (excludes halogenated alkanes) is 1. The second kappa shape index (κ2) is 5.68. The quantitative estimate of drug-likeness (QED) is 0.473. The van der Waals surface area contributed by atoms with Gasteiger partial charge in [-0.1, -0.05) is 25.5 Å². The van der Waals surface area contributed by atoms with E-state index in [1.165, 1.54) is 0 Å². The van der Waals surface area contributed by atoms with Crippen molar-refractivity contribution < 1.29 is 10.0 Å². The lowest BCUT2D eigenvalue weighted by Crippen LogP contribution is -2.29. The average Bonchev–Trinajstić information content (AvgIpc) is 2.19. The molecular weight excluding hydrogens is 177 g/mol. The average molecular weight is 193 g/mol. The minimum absolute atomic E-state index is 0.520. The van der Waals surface area contributed by atoms with E-state index < -0.39 is 7.12 Å². The van der Waals surface area contributed by atoms with Crippen LogP contribution in [0.5, 0.6) is 0 Å². The van der Waals surface area contributed by atoms with Gasteiger partial charge in [0, 0.05) is 12.2 Å². The Bertz CT molecular complexity index is 279. The van der Waals surface area contributed by atoms with Gasteiger partial charge in [-0.05, 0) is 24.0 Å². The maximum atomic E-state index is 8.95. The number of nitrogens with one attached hydrogen (secondary N) is 1. The van der Waals surface area contributed by atoms with E-state index in [1.807, 2.05) is 12.1 Å². The van der Waals surface area contributed by atoms with Gasteiger partial charge in [0.05, 0.1) is 0 Å². The van der Waals surface area contributed by atoms with Gasteiger partial charge < -0.3 is 15.4 Å². The molecule has 0 saturated carbocycles. The second-order valence-corrected chi connectivity index (χ2v) is 3.28. The van der Waals surface area contributed by atoms with Crippen LogP contribution in [0, 0.1) is 0 Å². The van der Waals surface area contributed by atoms with E-state index >= 15 is 0 Å². The minimum atomic E-state index is -1.39. The topological polar surface area (TPSA) is 52.5 Å². The number of hydrogen-bond acceptors (Lipinski definition) is 3. The molecule has 3 N–H and O–H groups in total. The molecule has 0 bridgehead atoms. The summed E-state index contributed by atoms with van der Waals surface area (Å²) in [4.78, 5) is 0. The molecule has 0 amide bonds. The Balaban J connectivity index is 2.55. The Hall–Kier alpha value is -0.995. The molecule has 1 rings (SSSR count). The normalized spacial score (nSPS) is 9.93.